The maximum atomic E-state index is 13.8. The Hall–Kier alpha value is -4.40. The minimum atomic E-state index is -4.73. The van der Waals surface area contributed by atoms with E-state index < -0.39 is 35.0 Å². The number of hydrogen-bond donors (Lipinski definition) is 3. The number of nitrogens with zero attached hydrogens (tertiary/aromatic N) is 2. The molecule has 1 atom stereocenters. The van der Waals surface area contributed by atoms with Crippen molar-refractivity contribution in [1.82, 2.24) is 14.1 Å². The third-order valence-corrected chi connectivity index (χ3v) is 6.52. The number of phenols is 1. The summed E-state index contributed by atoms with van der Waals surface area (Å²) in [4.78, 5) is 17.1. The van der Waals surface area contributed by atoms with Crippen LogP contribution in [0.1, 0.15) is 34.1 Å². The monoisotopic (exact) mass is 477 g/mol. The maximum Gasteiger partial charge on any atom is 0.418 e. The van der Waals surface area contributed by atoms with Gasteiger partial charge in [0.2, 0.25) is 5.88 Å². The second kappa shape index (κ2) is 7.30. The Morgan fingerprint density at radius 2 is 1.69 bits per heavy atom. The van der Waals surface area contributed by atoms with E-state index in [9.17, 15) is 28.2 Å². The van der Waals surface area contributed by atoms with Gasteiger partial charge in [-0.05, 0) is 41.5 Å². The van der Waals surface area contributed by atoms with E-state index >= 15 is 0 Å². The Kier molecular flexibility index (Phi) is 4.41. The molecule has 0 bridgehead atoms. The van der Waals surface area contributed by atoms with E-state index in [2.05, 4.69) is 4.98 Å². The topological polar surface area (TPSA) is 83.2 Å². The molecule has 9 heteroatoms. The molecule has 5 aromatic rings. The van der Waals surface area contributed by atoms with Crippen LogP contribution in [-0.4, -0.2) is 24.3 Å². The van der Waals surface area contributed by atoms with Crippen molar-refractivity contribution in [2.75, 3.05) is 0 Å². The number of rotatable bonds is 2. The summed E-state index contributed by atoms with van der Waals surface area (Å²) < 4.78 is 43.3. The summed E-state index contributed by atoms with van der Waals surface area (Å²) in [5, 5.41) is 22.2. The molecule has 1 aliphatic rings. The Morgan fingerprint density at radius 3 is 2.46 bits per heavy atom. The smallest absolute Gasteiger partial charge is 0.418 e. The van der Waals surface area contributed by atoms with Gasteiger partial charge in [0.25, 0.3) is 0 Å². The zero-order chi connectivity index (χ0) is 24.5. The standard InChI is InChI=1S/C26H18F3N3O3/c27-26(28,29)18-9-2-4-11-20(18)32-24(34)21-13-17-16-8-1-3-10-19(16)30-22(17)23(31(21)25(32)35)14-6-5-7-15(33)12-14/h1-12,23,30,33-34H,13H2. The number of aromatic hydroxyl groups is 2. The second-order valence-electron chi connectivity index (χ2n) is 8.51. The highest BCUT2D eigenvalue weighted by molar-refractivity contribution is 5.86. The lowest BCUT2D eigenvalue weighted by molar-refractivity contribution is -0.137. The molecular weight excluding hydrogens is 459 g/mol. The van der Waals surface area contributed by atoms with Crippen LogP contribution >= 0.6 is 0 Å². The third-order valence-electron chi connectivity index (χ3n) is 6.52. The van der Waals surface area contributed by atoms with E-state index in [1.165, 1.54) is 28.8 Å². The fourth-order valence-electron chi connectivity index (χ4n) is 5.06. The van der Waals surface area contributed by atoms with Crippen molar-refractivity contribution in [2.45, 2.75) is 18.6 Å². The van der Waals surface area contributed by atoms with E-state index in [-0.39, 0.29) is 17.9 Å². The zero-order valence-electron chi connectivity index (χ0n) is 18.0. The average Bonchev–Trinajstić information content (AvgIpc) is 3.32. The van der Waals surface area contributed by atoms with Crippen LogP contribution < -0.4 is 5.69 Å². The molecule has 3 N–H and O–H groups in total. The number of aromatic nitrogens is 3. The highest BCUT2D eigenvalue weighted by Crippen LogP contribution is 2.43. The van der Waals surface area contributed by atoms with Gasteiger partial charge in [0.15, 0.2) is 0 Å². The summed E-state index contributed by atoms with van der Waals surface area (Å²) in [6.45, 7) is 0. The minimum Gasteiger partial charge on any atom is -0.508 e. The molecule has 1 unspecified atom stereocenters. The molecule has 0 saturated heterocycles. The van der Waals surface area contributed by atoms with Gasteiger partial charge in [0, 0.05) is 23.0 Å². The number of nitrogens with one attached hydrogen (secondary N) is 1. The number of para-hydroxylation sites is 2. The SMILES string of the molecule is O=c1n(-c2ccccc2C(F)(F)F)c(O)c2n1C(c1cccc(O)c1)c1[nH]c3ccccc3c1C2. The van der Waals surface area contributed by atoms with E-state index in [0.717, 1.165) is 28.6 Å². The number of alkyl halides is 3. The Balaban J connectivity index is 1.68. The fraction of sp³-hybridized carbons (Fsp3) is 0.115. The number of fused-ring (bicyclic) bond motifs is 4. The van der Waals surface area contributed by atoms with E-state index in [1.807, 2.05) is 24.3 Å². The molecule has 0 spiro atoms. The van der Waals surface area contributed by atoms with Crippen LogP contribution in [0.3, 0.4) is 0 Å². The predicted molar refractivity (Wildman–Crippen MR) is 123 cm³/mol. The fourth-order valence-corrected chi connectivity index (χ4v) is 5.06. The summed E-state index contributed by atoms with van der Waals surface area (Å²) in [6, 6.07) is 17.7. The van der Waals surface area contributed by atoms with Gasteiger partial charge in [-0.1, -0.05) is 42.5 Å². The molecule has 35 heavy (non-hydrogen) atoms. The number of phenolic OH excluding ortho intramolecular Hbond substituents is 1. The van der Waals surface area contributed by atoms with Crippen molar-refractivity contribution in [2.24, 2.45) is 0 Å². The molecule has 1 aliphatic heterocycles. The number of H-pyrrole nitrogens is 1. The molecule has 3 aromatic carbocycles. The molecule has 3 heterocycles. The first-order valence-electron chi connectivity index (χ1n) is 10.9. The lowest BCUT2D eigenvalue weighted by atomic mass is 9.93. The predicted octanol–water partition coefficient (Wildman–Crippen LogP) is 5.09. The molecule has 6 rings (SSSR count). The molecule has 176 valence electrons. The van der Waals surface area contributed by atoms with Crippen molar-refractivity contribution >= 4 is 10.9 Å². The Bertz CT molecular complexity index is 1680. The van der Waals surface area contributed by atoms with Crippen LogP contribution in [0.5, 0.6) is 11.6 Å². The van der Waals surface area contributed by atoms with Crippen LogP contribution in [0.15, 0.2) is 77.6 Å². The first kappa shape index (κ1) is 21.2. The van der Waals surface area contributed by atoms with Crippen molar-refractivity contribution < 1.29 is 23.4 Å². The highest BCUT2D eigenvalue weighted by Gasteiger charge is 2.39. The second-order valence-corrected chi connectivity index (χ2v) is 8.51. The minimum absolute atomic E-state index is 0.0218. The van der Waals surface area contributed by atoms with Gasteiger partial charge in [-0.15, -0.1) is 0 Å². The number of halogens is 3. The molecule has 2 aromatic heterocycles. The van der Waals surface area contributed by atoms with Crippen LogP contribution in [0, 0.1) is 0 Å². The zero-order valence-corrected chi connectivity index (χ0v) is 18.0. The Morgan fingerprint density at radius 1 is 0.943 bits per heavy atom. The van der Waals surface area contributed by atoms with E-state index in [0.29, 0.717) is 15.8 Å². The van der Waals surface area contributed by atoms with Gasteiger partial charge in [0.05, 0.1) is 16.9 Å². The summed E-state index contributed by atoms with van der Waals surface area (Å²) in [7, 11) is 0. The van der Waals surface area contributed by atoms with Crippen molar-refractivity contribution in [1.29, 1.82) is 0 Å². The van der Waals surface area contributed by atoms with Gasteiger partial charge in [0.1, 0.15) is 11.8 Å². The van der Waals surface area contributed by atoms with E-state index in [1.54, 1.807) is 12.1 Å². The van der Waals surface area contributed by atoms with Gasteiger partial charge in [-0.2, -0.15) is 13.2 Å². The van der Waals surface area contributed by atoms with E-state index in [4.69, 9.17) is 0 Å². The third kappa shape index (κ3) is 3.08. The van der Waals surface area contributed by atoms with Crippen LogP contribution in [-0.2, 0) is 12.6 Å². The van der Waals surface area contributed by atoms with Crippen molar-refractivity contribution in [3.05, 3.63) is 111 Å². The number of benzene rings is 3. The normalized spacial score (nSPS) is 15.2. The van der Waals surface area contributed by atoms with Crippen LogP contribution in [0.2, 0.25) is 0 Å². The van der Waals surface area contributed by atoms with Gasteiger partial charge < -0.3 is 15.2 Å². The molecule has 0 saturated carbocycles. The molecule has 0 radical (unpaired) electrons. The quantitative estimate of drug-likeness (QED) is 0.325. The lowest BCUT2D eigenvalue weighted by Gasteiger charge is -2.26. The van der Waals surface area contributed by atoms with Gasteiger partial charge in [-0.3, -0.25) is 4.57 Å². The van der Waals surface area contributed by atoms with Crippen molar-refractivity contribution in [3.8, 4) is 17.3 Å². The van der Waals surface area contributed by atoms with Crippen LogP contribution in [0.4, 0.5) is 13.2 Å². The largest absolute Gasteiger partial charge is 0.508 e. The average molecular weight is 477 g/mol. The molecule has 0 aliphatic carbocycles. The Labute approximate surface area is 196 Å². The van der Waals surface area contributed by atoms with Gasteiger partial charge in [-0.25, -0.2) is 9.36 Å². The van der Waals surface area contributed by atoms with Gasteiger partial charge >= 0.3 is 11.9 Å². The molecule has 0 amide bonds. The summed E-state index contributed by atoms with van der Waals surface area (Å²) in [5.41, 5.74) is 0.770. The first-order chi connectivity index (χ1) is 16.8. The number of imidazole rings is 1. The lowest BCUT2D eigenvalue weighted by Crippen LogP contribution is -2.32. The number of aromatic amines is 1. The first-order valence-corrected chi connectivity index (χ1v) is 10.9. The molecule has 0 fully saturated rings. The van der Waals surface area contributed by atoms with Crippen LogP contribution in [0.25, 0.3) is 16.6 Å². The molecular formula is C26H18F3N3O3. The maximum absolute atomic E-state index is 13.8. The number of hydrogen-bond acceptors (Lipinski definition) is 3. The summed E-state index contributed by atoms with van der Waals surface area (Å²) >= 11 is 0. The van der Waals surface area contributed by atoms with Crippen molar-refractivity contribution in [3.63, 3.8) is 0 Å². The summed E-state index contributed by atoms with van der Waals surface area (Å²) in [5.74, 6) is -0.570. The highest BCUT2D eigenvalue weighted by atomic mass is 19.4. The summed E-state index contributed by atoms with van der Waals surface area (Å²) in [6.07, 6.45) is -4.59. The molecule has 6 nitrogen and oxygen atoms in total.